The van der Waals surface area contributed by atoms with Gasteiger partial charge in [0.1, 0.15) is 5.82 Å². The van der Waals surface area contributed by atoms with Gasteiger partial charge in [-0.05, 0) is 57.5 Å². The van der Waals surface area contributed by atoms with Crippen molar-refractivity contribution in [1.82, 2.24) is 10.2 Å². The Kier molecular flexibility index (Phi) is 5.20. The molecule has 0 radical (unpaired) electrons. The standard InChI is InChI=1S/C15H22ClFN2/c1-11(10-19-7-3-4-8-19)18-12(2)13-5-6-14(16)15(17)9-13/h5-6,9,11-12,18H,3-4,7-8,10H2,1-2H3. The summed E-state index contributed by atoms with van der Waals surface area (Å²) in [5.41, 5.74) is 0.940. The van der Waals surface area contributed by atoms with Gasteiger partial charge in [-0.1, -0.05) is 17.7 Å². The predicted octanol–water partition coefficient (Wildman–Crippen LogP) is 3.61. The minimum atomic E-state index is -0.347. The maximum Gasteiger partial charge on any atom is 0.142 e. The normalized spacial score (nSPS) is 19.6. The molecule has 4 heteroatoms. The van der Waals surface area contributed by atoms with Crippen molar-refractivity contribution in [1.29, 1.82) is 0 Å². The monoisotopic (exact) mass is 284 g/mol. The van der Waals surface area contributed by atoms with E-state index in [0.29, 0.717) is 6.04 Å². The van der Waals surface area contributed by atoms with E-state index in [1.165, 1.54) is 32.0 Å². The third-order valence-electron chi connectivity index (χ3n) is 3.71. The fraction of sp³-hybridized carbons (Fsp3) is 0.600. The summed E-state index contributed by atoms with van der Waals surface area (Å²) >= 11 is 5.70. The number of benzene rings is 1. The molecule has 0 amide bonds. The highest BCUT2D eigenvalue weighted by Crippen LogP contribution is 2.20. The molecule has 2 unspecified atom stereocenters. The van der Waals surface area contributed by atoms with Crippen LogP contribution in [0.1, 0.15) is 38.3 Å². The van der Waals surface area contributed by atoms with Crippen LogP contribution in [-0.4, -0.2) is 30.6 Å². The van der Waals surface area contributed by atoms with Gasteiger partial charge in [0, 0.05) is 18.6 Å². The summed E-state index contributed by atoms with van der Waals surface area (Å²) in [5, 5.41) is 3.70. The summed E-state index contributed by atoms with van der Waals surface area (Å²) in [4.78, 5) is 2.48. The van der Waals surface area contributed by atoms with Crippen LogP contribution < -0.4 is 5.32 Å². The van der Waals surface area contributed by atoms with Gasteiger partial charge in [0.05, 0.1) is 5.02 Å². The average Bonchev–Trinajstić information content (AvgIpc) is 2.85. The highest BCUT2D eigenvalue weighted by atomic mass is 35.5. The predicted molar refractivity (Wildman–Crippen MR) is 78.1 cm³/mol. The molecule has 1 aliphatic heterocycles. The number of hydrogen-bond donors (Lipinski definition) is 1. The summed E-state index contributed by atoms with van der Waals surface area (Å²) in [5.74, 6) is -0.347. The van der Waals surface area contributed by atoms with Crippen LogP contribution in [0.4, 0.5) is 4.39 Å². The number of halogens is 2. The molecule has 106 valence electrons. The maximum absolute atomic E-state index is 13.4. The Morgan fingerprint density at radius 1 is 1.32 bits per heavy atom. The molecule has 0 spiro atoms. The fourth-order valence-corrected chi connectivity index (χ4v) is 2.83. The molecule has 0 saturated carbocycles. The lowest BCUT2D eigenvalue weighted by atomic mass is 10.1. The molecule has 2 nitrogen and oxygen atoms in total. The van der Waals surface area contributed by atoms with E-state index in [4.69, 9.17) is 11.6 Å². The number of nitrogens with zero attached hydrogens (tertiary/aromatic N) is 1. The van der Waals surface area contributed by atoms with Gasteiger partial charge in [-0.2, -0.15) is 0 Å². The highest BCUT2D eigenvalue weighted by Gasteiger charge is 2.16. The smallest absolute Gasteiger partial charge is 0.142 e. The SMILES string of the molecule is CC(CN1CCCC1)NC(C)c1ccc(Cl)c(F)c1. The van der Waals surface area contributed by atoms with Crippen molar-refractivity contribution in [3.8, 4) is 0 Å². The van der Waals surface area contributed by atoms with Gasteiger partial charge in [-0.3, -0.25) is 0 Å². The molecule has 1 aromatic carbocycles. The topological polar surface area (TPSA) is 15.3 Å². The van der Waals surface area contributed by atoms with Crippen LogP contribution in [0.3, 0.4) is 0 Å². The first-order valence-corrected chi connectivity index (χ1v) is 7.37. The summed E-state index contributed by atoms with van der Waals surface area (Å²) < 4.78 is 13.4. The molecular formula is C15H22ClFN2. The lowest BCUT2D eigenvalue weighted by molar-refractivity contribution is 0.289. The molecule has 0 aromatic heterocycles. The van der Waals surface area contributed by atoms with Crippen molar-refractivity contribution >= 4 is 11.6 Å². The van der Waals surface area contributed by atoms with Crippen LogP contribution in [-0.2, 0) is 0 Å². The van der Waals surface area contributed by atoms with Crippen LogP contribution in [0.2, 0.25) is 5.02 Å². The second-order valence-corrected chi connectivity index (χ2v) is 5.88. The van der Waals surface area contributed by atoms with Gasteiger partial charge in [-0.15, -0.1) is 0 Å². The summed E-state index contributed by atoms with van der Waals surface area (Å²) in [6.45, 7) is 7.70. The minimum absolute atomic E-state index is 0.129. The lowest BCUT2D eigenvalue weighted by Crippen LogP contribution is -2.39. The van der Waals surface area contributed by atoms with Gasteiger partial charge >= 0.3 is 0 Å². The molecule has 1 aliphatic rings. The van der Waals surface area contributed by atoms with E-state index in [1.54, 1.807) is 6.07 Å². The van der Waals surface area contributed by atoms with Gasteiger partial charge < -0.3 is 10.2 Å². The number of nitrogens with one attached hydrogen (secondary N) is 1. The third-order valence-corrected chi connectivity index (χ3v) is 4.02. The number of likely N-dealkylation sites (tertiary alicyclic amines) is 1. The van der Waals surface area contributed by atoms with E-state index in [1.807, 2.05) is 6.07 Å². The number of rotatable bonds is 5. The number of hydrogen-bond acceptors (Lipinski definition) is 2. The van der Waals surface area contributed by atoms with E-state index < -0.39 is 0 Å². The van der Waals surface area contributed by atoms with Gasteiger partial charge in [0.15, 0.2) is 0 Å². The van der Waals surface area contributed by atoms with Crippen LogP contribution in [0.15, 0.2) is 18.2 Å². The first kappa shape index (κ1) is 14.8. The van der Waals surface area contributed by atoms with Crippen molar-refractivity contribution in [3.63, 3.8) is 0 Å². The second kappa shape index (κ2) is 6.69. The Bertz CT molecular complexity index is 419. The van der Waals surface area contributed by atoms with Crippen molar-refractivity contribution in [2.75, 3.05) is 19.6 Å². The zero-order chi connectivity index (χ0) is 13.8. The molecule has 1 fully saturated rings. The highest BCUT2D eigenvalue weighted by molar-refractivity contribution is 6.30. The molecule has 0 aliphatic carbocycles. The van der Waals surface area contributed by atoms with Crippen LogP contribution in [0.5, 0.6) is 0 Å². The van der Waals surface area contributed by atoms with Crippen molar-refractivity contribution < 1.29 is 4.39 Å². The first-order valence-electron chi connectivity index (χ1n) is 6.99. The maximum atomic E-state index is 13.4. The summed E-state index contributed by atoms with van der Waals surface area (Å²) in [6, 6.07) is 5.54. The second-order valence-electron chi connectivity index (χ2n) is 5.47. The molecule has 0 bridgehead atoms. The summed E-state index contributed by atoms with van der Waals surface area (Å²) in [7, 11) is 0. The lowest BCUT2D eigenvalue weighted by Gasteiger charge is -2.25. The Morgan fingerprint density at radius 2 is 2.00 bits per heavy atom. The Hall–Kier alpha value is -0.640. The fourth-order valence-electron chi connectivity index (χ4n) is 2.71. The Labute approximate surface area is 119 Å². The Balaban J connectivity index is 1.88. The molecule has 2 rings (SSSR count). The zero-order valence-electron chi connectivity index (χ0n) is 11.6. The van der Waals surface area contributed by atoms with Gasteiger partial charge in [-0.25, -0.2) is 4.39 Å². The minimum Gasteiger partial charge on any atom is -0.306 e. The van der Waals surface area contributed by atoms with Crippen molar-refractivity contribution in [3.05, 3.63) is 34.6 Å². The molecule has 1 saturated heterocycles. The van der Waals surface area contributed by atoms with Crippen molar-refractivity contribution in [2.45, 2.75) is 38.8 Å². The quantitative estimate of drug-likeness (QED) is 0.888. The van der Waals surface area contributed by atoms with Crippen LogP contribution in [0, 0.1) is 5.82 Å². The van der Waals surface area contributed by atoms with Crippen molar-refractivity contribution in [2.24, 2.45) is 0 Å². The van der Waals surface area contributed by atoms with E-state index >= 15 is 0 Å². The summed E-state index contributed by atoms with van der Waals surface area (Å²) in [6.07, 6.45) is 2.62. The molecule has 19 heavy (non-hydrogen) atoms. The third kappa shape index (κ3) is 4.16. The van der Waals surface area contributed by atoms with E-state index in [9.17, 15) is 4.39 Å². The van der Waals surface area contributed by atoms with Gasteiger partial charge in [0.25, 0.3) is 0 Å². The van der Waals surface area contributed by atoms with Crippen LogP contribution >= 0.6 is 11.6 Å². The van der Waals surface area contributed by atoms with Gasteiger partial charge in [0.2, 0.25) is 0 Å². The zero-order valence-corrected chi connectivity index (χ0v) is 12.4. The van der Waals surface area contributed by atoms with E-state index in [0.717, 1.165) is 12.1 Å². The Morgan fingerprint density at radius 3 is 2.63 bits per heavy atom. The largest absolute Gasteiger partial charge is 0.306 e. The molecule has 1 heterocycles. The molecule has 1 N–H and O–H groups in total. The molecule has 2 atom stereocenters. The van der Waals surface area contributed by atoms with Crippen LogP contribution in [0.25, 0.3) is 0 Å². The van der Waals surface area contributed by atoms with E-state index in [-0.39, 0.29) is 16.9 Å². The molecule has 1 aromatic rings. The first-order chi connectivity index (χ1) is 9.06. The average molecular weight is 285 g/mol. The molecular weight excluding hydrogens is 263 g/mol. The van der Waals surface area contributed by atoms with E-state index in [2.05, 4.69) is 24.1 Å².